The van der Waals surface area contributed by atoms with Crippen molar-refractivity contribution in [3.05, 3.63) is 29.8 Å². The van der Waals surface area contributed by atoms with Crippen LogP contribution in [0.25, 0.3) is 0 Å². The predicted octanol–water partition coefficient (Wildman–Crippen LogP) is 2.80. The van der Waals surface area contributed by atoms with Crippen molar-refractivity contribution < 1.29 is 22.8 Å². The Bertz CT molecular complexity index is 510. The van der Waals surface area contributed by atoms with Crippen LogP contribution in [-0.4, -0.2) is 17.9 Å². The van der Waals surface area contributed by atoms with Crippen molar-refractivity contribution in [3.8, 4) is 0 Å². The lowest BCUT2D eigenvalue weighted by Crippen LogP contribution is -2.46. The number of nitrogens with one attached hydrogen (secondary N) is 2. The van der Waals surface area contributed by atoms with E-state index in [1.807, 2.05) is 0 Å². The van der Waals surface area contributed by atoms with Gasteiger partial charge in [0.2, 0.25) is 11.8 Å². The van der Waals surface area contributed by atoms with Crippen LogP contribution >= 0.6 is 0 Å². The van der Waals surface area contributed by atoms with Gasteiger partial charge in [0.1, 0.15) is 6.04 Å². The quantitative estimate of drug-likeness (QED) is 0.898. The Morgan fingerprint density at radius 2 is 1.62 bits per heavy atom. The number of hydrogen-bond acceptors (Lipinski definition) is 2. The Labute approximate surface area is 120 Å². The van der Waals surface area contributed by atoms with Crippen LogP contribution in [0.2, 0.25) is 0 Å². The largest absolute Gasteiger partial charge is 0.416 e. The van der Waals surface area contributed by atoms with E-state index in [0.29, 0.717) is 0 Å². The topological polar surface area (TPSA) is 58.2 Å². The average molecular weight is 302 g/mol. The lowest BCUT2D eigenvalue weighted by atomic mass is 10.0. The summed E-state index contributed by atoms with van der Waals surface area (Å²) in [4.78, 5) is 23.1. The molecule has 1 aromatic carbocycles. The Kier molecular flexibility index (Phi) is 5.34. The summed E-state index contributed by atoms with van der Waals surface area (Å²) in [5.41, 5.74) is -0.549. The molecule has 116 valence electrons. The SMILES string of the molecule is CC(=O)NC(C(=O)Nc1ccc(C(F)(F)F)cc1)C(C)C. The van der Waals surface area contributed by atoms with Crippen LogP contribution in [-0.2, 0) is 15.8 Å². The minimum atomic E-state index is -4.42. The fourth-order valence-corrected chi connectivity index (χ4v) is 1.72. The monoisotopic (exact) mass is 302 g/mol. The normalized spacial score (nSPS) is 12.9. The van der Waals surface area contributed by atoms with Gasteiger partial charge in [-0.05, 0) is 30.2 Å². The van der Waals surface area contributed by atoms with E-state index >= 15 is 0 Å². The van der Waals surface area contributed by atoms with E-state index in [1.54, 1.807) is 13.8 Å². The fourth-order valence-electron chi connectivity index (χ4n) is 1.72. The zero-order valence-electron chi connectivity index (χ0n) is 11.9. The molecule has 1 rings (SSSR count). The van der Waals surface area contributed by atoms with Crippen LogP contribution in [0.1, 0.15) is 26.3 Å². The van der Waals surface area contributed by atoms with Crippen LogP contribution in [0.15, 0.2) is 24.3 Å². The summed E-state index contributed by atoms with van der Waals surface area (Å²) in [6.07, 6.45) is -4.42. The predicted molar refractivity (Wildman–Crippen MR) is 72.5 cm³/mol. The fraction of sp³-hybridized carbons (Fsp3) is 0.429. The lowest BCUT2D eigenvalue weighted by Gasteiger charge is -2.21. The summed E-state index contributed by atoms with van der Waals surface area (Å²) in [6, 6.07) is 3.37. The van der Waals surface area contributed by atoms with Gasteiger partial charge in [0.25, 0.3) is 0 Å². The summed E-state index contributed by atoms with van der Waals surface area (Å²) < 4.78 is 37.3. The molecule has 21 heavy (non-hydrogen) atoms. The molecular formula is C14H17F3N2O2. The molecule has 7 heteroatoms. The number of hydrogen-bond donors (Lipinski definition) is 2. The zero-order chi connectivity index (χ0) is 16.2. The van der Waals surface area contributed by atoms with Crippen molar-refractivity contribution in [1.29, 1.82) is 0 Å². The highest BCUT2D eigenvalue weighted by Gasteiger charge is 2.30. The minimum Gasteiger partial charge on any atom is -0.344 e. The second-order valence-electron chi connectivity index (χ2n) is 4.99. The van der Waals surface area contributed by atoms with E-state index < -0.39 is 23.7 Å². The van der Waals surface area contributed by atoms with Gasteiger partial charge < -0.3 is 10.6 Å². The third-order valence-corrected chi connectivity index (χ3v) is 2.79. The molecule has 0 aliphatic carbocycles. The van der Waals surface area contributed by atoms with Gasteiger partial charge in [-0.15, -0.1) is 0 Å². The molecule has 0 fully saturated rings. The van der Waals surface area contributed by atoms with E-state index in [-0.39, 0.29) is 17.5 Å². The van der Waals surface area contributed by atoms with Gasteiger partial charge in [-0.1, -0.05) is 13.8 Å². The number of carbonyl (C=O) groups is 2. The second-order valence-corrected chi connectivity index (χ2v) is 4.99. The van der Waals surface area contributed by atoms with E-state index in [1.165, 1.54) is 19.1 Å². The second kappa shape index (κ2) is 6.60. The molecule has 0 saturated heterocycles. The van der Waals surface area contributed by atoms with Gasteiger partial charge in [-0.3, -0.25) is 9.59 Å². The van der Waals surface area contributed by atoms with Crippen molar-refractivity contribution >= 4 is 17.5 Å². The van der Waals surface area contributed by atoms with E-state index in [4.69, 9.17) is 0 Å². The highest BCUT2D eigenvalue weighted by atomic mass is 19.4. The first-order chi connectivity index (χ1) is 9.61. The highest BCUT2D eigenvalue weighted by Crippen LogP contribution is 2.29. The van der Waals surface area contributed by atoms with Gasteiger partial charge in [0, 0.05) is 12.6 Å². The maximum absolute atomic E-state index is 12.4. The summed E-state index contributed by atoms with van der Waals surface area (Å²) in [5, 5.41) is 4.99. The molecule has 1 atom stereocenters. The zero-order valence-corrected chi connectivity index (χ0v) is 11.9. The molecule has 0 radical (unpaired) electrons. The molecule has 0 saturated carbocycles. The average Bonchev–Trinajstić information content (AvgIpc) is 2.34. The molecule has 0 aliphatic heterocycles. The molecule has 1 aromatic rings. The van der Waals surface area contributed by atoms with Gasteiger partial charge >= 0.3 is 6.18 Å². The van der Waals surface area contributed by atoms with Crippen molar-refractivity contribution in [1.82, 2.24) is 5.32 Å². The molecule has 4 nitrogen and oxygen atoms in total. The molecular weight excluding hydrogens is 285 g/mol. The number of carbonyl (C=O) groups excluding carboxylic acids is 2. The third-order valence-electron chi connectivity index (χ3n) is 2.79. The summed E-state index contributed by atoms with van der Waals surface area (Å²) >= 11 is 0. The van der Waals surface area contributed by atoms with Gasteiger partial charge in [-0.25, -0.2) is 0 Å². The smallest absolute Gasteiger partial charge is 0.344 e. The van der Waals surface area contributed by atoms with Crippen LogP contribution in [0.4, 0.5) is 18.9 Å². The van der Waals surface area contributed by atoms with Crippen LogP contribution in [0, 0.1) is 5.92 Å². The number of anilines is 1. The number of amides is 2. The van der Waals surface area contributed by atoms with Gasteiger partial charge in [0.15, 0.2) is 0 Å². The molecule has 2 N–H and O–H groups in total. The van der Waals surface area contributed by atoms with E-state index in [2.05, 4.69) is 10.6 Å². The highest BCUT2D eigenvalue weighted by molar-refractivity contribution is 5.97. The first kappa shape index (κ1) is 17.0. The van der Waals surface area contributed by atoms with Crippen LogP contribution in [0.5, 0.6) is 0 Å². The first-order valence-corrected chi connectivity index (χ1v) is 6.36. The summed E-state index contributed by atoms with van der Waals surface area (Å²) in [5.74, 6) is -0.973. The number of halogens is 3. The first-order valence-electron chi connectivity index (χ1n) is 6.36. The number of rotatable bonds is 4. The molecule has 0 aromatic heterocycles. The Hall–Kier alpha value is -2.05. The molecule has 0 bridgehead atoms. The molecule has 1 unspecified atom stereocenters. The van der Waals surface area contributed by atoms with Crippen molar-refractivity contribution in [2.75, 3.05) is 5.32 Å². The standard InChI is InChI=1S/C14H17F3N2O2/c1-8(2)12(18-9(3)20)13(21)19-11-6-4-10(5-7-11)14(15,16)17/h4-8,12H,1-3H3,(H,18,20)(H,19,21). The van der Waals surface area contributed by atoms with Crippen LogP contribution in [0.3, 0.4) is 0 Å². The van der Waals surface area contributed by atoms with Gasteiger partial charge in [0.05, 0.1) is 5.56 Å². The van der Waals surface area contributed by atoms with Crippen molar-refractivity contribution in [3.63, 3.8) is 0 Å². The minimum absolute atomic E-state index is 0.150. The van der Waals surface area contributed by atoms with Crippen LogP contribution < -0.4 is 10.6 Å². The molecule has 2 amide bonds. The van der Waals surface area contributed by atoms with E-state index in [9.17, 15) is 22.8 Å². The molecule has 0 aliphatic rings. The number of alkyl halides is 3. The molecule has 0 spiro atoms. The van der Waals surface area contributed by atoms with Gasteiger partial charge in [-0.2, -0.15) is 13.2 Å². The Morgan fingerprint density at radius 1 is 1.10 bits per heavy atom. The lowest BCUT2D eigenvalue weighted by molar-refractivity contribution is -0.137. The van der Waals surface area contributed by atoms with E-state index in [0.717, 1.165) is 12.1 Å². The number of benzene rings is 1. The van der Waals surface area contributed by atoms with Crippen molar-refractivity contribution in [2.45, 2.75) is 33.0 Å². The Balaban J connectivity index is 2.79. The van der Waals surface area contributed by atoms with Crippen molar-refractivity contribution in [2.24, 2.45) is 5.92 Å². The maximum Gasteiger partial charge on any atom is 0.416 e. The summed E-state index contributed by atoms with van der Waals surface area (Å²) in [7, 11) is 0. The summed E-state index contributed by atoms with van der Waals surface area (Å²) in [6.45, 7) is 4.81. The maximum atomic E-state index is 12.4. The Morgan fingerprint density at radius 3 is 2.00 bits per heavy atom. The third kappa shape index (κ3) is 5.09. The molecule has 0 heterocycles.